The molecule has 9 nitrogen and oxygen atoms in total. The number of nitrogens with zero attached hydrogens (tertiary/aromatic N) is 2. The molecule has 2 aromatic heterocycles. The number of carbonyl (C=O) groups excluding carboxylic acids is 1. The third-order valence-corrected chi connectivity index (χ3v) is 8.46. The molecule has 1 atom stereocenters. The molecule has 214 valence electrons. The molecule has 2 heterocycles. The highest BCUT2D eigenvalue weighted by Crippen LogP contribution is 2.38. The van der Waals surface area contributed by atoms with E-state index in [9.17, 15) is 14.9 Å². The number of amides is 1. The molecule has 0 saturated heterocycles. The lowest BCUT2D eigenvalue weighted by Gasteiger charge is -2.38. The topological polar surface area (TPSA) is 122 Å². The number of carbonyl (C=O) groups is 1. The van der Waals surface area contributed by atoms with Crippen LogP contribution in [0.5, 0.6) is 5.75 Å². The fraction of sp³-hybridized carbons (Fsp3) is 0.375. The van der Waals surface area contributed by atoms with Crippen molar-refractivity contribution >= 4 is 22.5 Å². The molecule has 1 fully saturated rings. The van der Waals surface area contributed by atoms with Crippen LogP contribution in [0.2, 0.25) is 0 Å². The van der Waals surface area contributed by atoms with E-state index in [1.165, 1.54) is 18.6 Å². The molecule has 1 amide bonds. The number of hydrogen-bond acceptors (Lipinski definition) is 6. The number of aromatic nitrogens is 2. The molecule has 0 unspecified atom stereocenters. The maximum absolute atomic E-state index is 14.1. The van der Waals surface area contributed by atoms with E-state index in [4.69, 9.17) is 9.72 Å². The average Bonchev–Trinajstić information content (AvgIpc) is 3.41. The van der Waals surface area contributed by atoms with Gasteiger partial charge in [-0.25, -0.2) is 0 Å². The van der Waals surface area contributed by atoms with Crippen LogP contribution in [0.25, 0.3) is 10.9 Å². The van der Waals surface area contributed by atoms with Crippen molar-refractivity contribution in [1.29, 1.82) is 0 Å². The van der Waals surface area contributed by atoms with Crippen LogP contribution in [0.4, 0.5) is 5.69 Å². The van der Waals surface area contributed by atoms with Gasteiger partial charge in [0.2, 0.25) is 5.91 Å². The first-order valence-electron chi connectivity index (χ1n) is 14.1. The second kappa shape index (κ2) is 12.1. The van der Waals surface area contributed by atoms with Gasteiger partial charge in [-0.1, -0.05) is 49.6 Å². The Morgan fingerprint density at radius 1 is 1.10 bits per heavy atom. The highest BCUT2D eigenvalue weighted by molar-refractivity contribution is 5.89. The lowest BCUT2D eigenvalue weighted by molar-refractivity contribution is -0.384. The molecule has 9 heteroatoms. The maximum atomic E-state index is 14.1. The molecule has 41 heavy (non-hydrogen) atoms. The number of para-hydroxylation sites is 1. The number of aromatic amines is 1. The highest BCUT2D eigenvalue weighted by atomic mass is 16.6. The number of fused-ring (bicyclic) bond motifs is 1. The van der Waals surface area contributed by atoms with Crippen molar-refractivity contribution in [2.24, 2.45) is 0 Å². The first-order chi connectivity index (χ1) is 19.8. The molecule has 0 spiro atoms. The minimum atomic E-state index is -0.948. The summed E-state index contributed by atoms with van der Waals surface area (Å²) in [4.78, 5) is 32.8. The van der Waals surface area contributed by atoms with Crippen LogP contribution in [-0.4, -0.2) is 40.0 Å². The quantitative estimate of drug-likeness (QED) is 0.164. The number of methoxy groups -OCH3 is 1. The first-order valence-corrected chi connectivity index (χ1v) is 14.1. The van der Waals surface area contributed by atoms with E-state index in [2.05, 4.69) is 21.7 Å². The number of hydrogen-bond donors (Lipinski definition) is 3. The summed E-state index contributed by atoms with van der Waals surface area (Å²) in [5, 5.41) is 19.0. The zero-order chi connectivity index (χ0) is 28.9. The van der Waals surface area contributed by atoms with Gasteiger partial charge in [0.05, 0.1) is 23.8 Å². The zero-order valence-corrected chi connectivity index (χ0v) is 23.6. The van der Waals surface area contributed by atoms with E-state index in [0.29, 0.717) is 25.3 Å². The van der Waals surface area contributed by atoms with Gasteiger partial charge in [-0.2, -0.15) is 0 Å². The van der Waals surface area contributed by atoms with Gasteiger partial charge in [0.1, 0.15) is 5.75 Å². The van der Waals surface area contributed by atoms with Crippen LogP contribution < -0.4 is 15.4 Å². The number of H-pyrrole nitrogens is 1. The van der Waals surface area contributed by atoms with Gasteiger partial charge >= 0.3 is 0 Å². The molecular formula is C32H37N5O4. The fourth-order valence-electron chi connectivity index (χ4n) is 5.93. The van der Waals surface area contributed by atoms with E-state index in [-0.39, 0.29) is 17.0 Å². The lowest BCUT2D eigenvalue weighted by atomic mass is 9.71. The van der Waals surface area contributed by atoms with Crippen molar-refractivity contribution < 1.29 is 14.5 Å². The van der Waals surface area contributed by atoms with Crippen molar-refractivity contribution in [2.45, 2.75) is 62.9 Å². The van der Waals surface area contributed by atoms with Crippen LogP contribution >= 0.6 is 0 Å². The molecule has 0 bridgehead atoms. The van der Waals surface area contributed by atoms with Gasteiger partial charge in [0.15, 0.2) is 0 Å². The number of pyridine rings is 1. The third kappa shape index (κ3) is 6.25. The van der Waals surface area contributed by atoms with E-state index in [1.807, 2.05) is 43.5 Å². The summed E-state index contributed by atoms with van der Waals surface area (Å²) in [5.74, 6) is 0.619. The molecule has 1 aliphatic carbocycles. The number of rotatable bonds is 11. The van der Waals surface area contributed by atoms with Crippen molar-refractivity contribution in [1.82, 2.24) is 20.6 Å². The summed E-state index contributed by atoms with van der Waals surface area (Å²) in [6, 6.07) is 18.4. The molecule has 3 N–H and O–H groups in total. The van der Waals surface area contributed by atoms with E-state index in [1.54, 1.807) is 25.4 Å². The number of ether oxygens (including phenoxy) is 1. The number of benzene rings is 2. The fourth-order valence-corrected chi connectivity index (χ4v) is 5.93. The molecule has 0 aliphatic heterocycles. The third-order valence-electron chi connectivity index (χ3n) is 8.46. The summed E-state index contributed by atoms with van der Waals surface area (Å²) < 4.78 is 5.32. The Morgan fingerprint density at radius 2 is 1.85 bits per heavy atom. The Labute approximate surface area is 239 Å². The zero-order valence-electron chi connectivity index (χ0n) is 23.6. The van der Waals surface area contributed by atoms with E-state index in [0.717, 1.165) is 53.4 Å². The molecule has 4 aromatic rings. The Morgan fingerprint density at radius 3 is 2.54 bits per heavy atom. The maximum Gasteiger partial charge on any atom is 0.269 e. The summed E-state index contributed by atoms with van der Waals surface area (Å²) >= 11 is 0. The summed E-state index contributed by atoms with van der Waals surface area (Å²) in [5.41, 5.74) is 2.76. The second-order valence-electron chi connectivity index (χ2n) is 11.3. The van der Waals surface area contributed by atoms with Crippen LogP contribution in [-0.2, 0) is 23.2 Å². The highest BCUT2D eigenvalue weighted by Gasteiger charge is 2.39. The van der Waals surface area contributed by atoms with Gasteiger partial charge in [-0.15, -0.1) is 0 Å². The summed E-state index contributed by atoms with van der Waals surface area (Å²) in [6.07, 6.45) is 9.46. The molecule has 5 rings (SSSR count). The molecule has 1 aliphatic rings. The molecule has 1 saturated carbocycles. The van der Waals surface area contributed by atoms with Crippen LogP contribution in [0, 0.1) is 10.1 Å². The largest absolute Gasteiger partial charge is 0.495 e. The monoisotopic (exact) mass is 555 g/mol. The van der Waals surface area contributed by atoms with Crippen LogP contribution in [0.1, 0.15) is 55.8 Å². The smallest absolute Gasteiger partial charge is 0.269 e. The number of nitrogens with one attached hydrogen (secondary N) is 3. The number of non-ortho nitro benzene ring substituents is 1. The second-order valence-corrected chi connectivity index (χ2v) is 11.3. The van der Waals surface area contributed by atoms with Crippen molar-refractivity contribution in [3.63, 3.8) is 0 Å². The van der Waals surface area contributed by atoms with Crippen LogP contribution in [0.15, 0.2) is 73.1 Å². The normalized spacial score (nSPS) is 16.1. The summed E-state index contributed by atoms with van der Waals surface area (Å²) in [6.45, 7) is 2.80. The minimum absolute atomic E-state index is 0.0398. The van der Waals surface area contributed by atoms with Gasteiger partial charge in [-0.3, -0.25) is 25.2 Å². The predicted octanol–water partition coefficient (Wildman–Crippen LogP) is 5.59. The minimum Gasteiger partial charge on any atom is -0.495 e. The molecule has 2 aromatic carbocycles. The number of nitro benzene ring substituents is 1. The average molecular weight is 556 g/mol. The molecule has 0 radical (unpaired) electrons. The van der Waals surface area contributed by atoms with Gasteiger partial charge in [0, 0.05) is 59.9 Å². The Hall–Kier alpha value is -4.24. The van der Waals surface area contributed by atoms with Gasteiger partial charge in [-0.05, 0) is 49.1 Å². The van der Waals surface area contributed by atoms with Gasteiger partial charge in [0.25, 0.3) is 5.69 Å². The SMILES string of the molecule is COc1ccc(C2(CNC(=O)[C@](C)(Cc3c[nH]c4ccccc34)NCc3ccc([N+](=O)[O-])cc3)CCCCC2)nc1. The predicted molar refractivity (Wildman–Crippen MR) is 159 cm³/mol. The summed E-state index contributed by atoms with van der Waals surface area (Å²) in [7, 11) is 1.63. The Balaban J connectivity index is 1.39. The standard InChI is InChI=1S/C32H37N5O4/c1-31(18-24-20-33-28-9-5-4-8-27(24)28,36-19-23-10-12-25(13-11-23)37(39)40)30(38)35-22-32(16-6-3-7-17-32)29-15-14-26(41-2)21-34-29/h4-5,8-15,20-21,33,36H,3,6-7,16-19,22H2,1-2H3,(H,35,38)/t31-/m0/s1. The van der Waals surface area contributed by atoms with Crippen molar-refractivity contribution in [2.75, 3.05) is 13.7 Å². The van der Waals surface area contributed by atoms with E-state index >= 15 is 0 Å². The van der Waals surface area contributed by atoms with Crippen molar-refractivity contribution in [3.8, 4) is 5.75 Å². The van der Waals surface area contributed by atoms with E-state index < -0.39 is 10.5 Å². The number of nitro groups is 1. The first kappa shape index (κ1) is 28.3. The Kier molecular flexibility index (Phi) is 8.35. The molecular weight excluding hydrogens is 518 g/mol. The van der Waals surface area contributed by atoms with Crippen molar-refractivity contribution in [3.05, 3.63) is 100.0 Å². The van der Waals surface area contributed by atoms with Crippen LogP contribution in [0.3, 0.4) is 0 Å². The van der Waals surface area contributed by atoms with Gasteiger partial charge < -0.3 is 15.0 Å². The lowest BCUT2D eigenvalue weighted by Crippen LogP contribution is -2.58. The Bertz CT molecular complexity index is 1490.